The van der Waals surface area contributed by atoms with E-state index in [1.165, 1.54) is 0 Å². The molecule has 8 heteroatoms. The summed E-state index contributed by atoms with van der Waals surface area (Å²) in [5, 5.41) is 8.76. The number of aliphatic carboxylic acids is 1. The molecule has 1 atom stereocenters. The van der Waals surface area contributed by atoms with Crippen molar-refractivity contribution in [3.8, 4) is 0 Å². The molecule has 0 radical (unpaired) electrons. The third kappa shape index (κ3) is 5.20. The summed E-state index contributed by atoms with van der Waals surface area (Å²) in [4.78, 5) is 30.6. The van der Waals surface area contributed by atoms with Crippen LogP contribution in [0.4, 0.5) is 0 Å². The van der Waals surface area contributed by atoms with Crippen molar-refractivity contribution in [2.75, 3.05) is 32.9 Å². The lowest BCUT2D eigenvalue weighted by Gasteiger charge is -2.34. The molecule has 1 aromatic carbocycles. The molecule has 1 N–H and O–H groups in total. The highest BCUT2D eigenvalue weighted by molar-refractivity contribution is 5.98. The molecule has 1 aliphatic heterocycles. The summed E-state index contributed by atoms with van der Waals surface area (Å²) in [6.07, 6.45) is 1.13. The van der Waals surface area contributed by atoms with Gasteiger partial charge in [-0.2, -0.15) is 0 Å². The molecule has 0 saturated carbocycles. The quantitative estimate of drug-likeness (QED) is 0.481. The molecule has 0 aliphatic carbocycles. The number of carbonyl (C=O) groups is 2. The first-order valence-electron chi connectivity index (χ1n) is 10.2. The summed E-state index contributed by atoms with van der Waals surface area (Å²) in [5.41, 5.74) is 1.77. The van der Waals surface area contributed by atoms with Crippen molar-refractivity contribution in [2.24, 2.45) is 5.92 Å². The van der Waals surface area contributed by atoms with Crippen molar-refractivity contribution in [2.45, 2.75) is 39.5 Å². The molecule has 1 fully saturated rings. The highest BCUT2D eigenvalue weighted by Crippen LogP contribution is 2.25. The largest absolute Gasteiger partial charge is 0.480 e. The number of fused-ring (bicyclic) bond motifs is 1. The minimum Gasteiger partial charge on any atom is -0.480 e. The van der Waals surface area contributed by atoms with Crippen LogP contribution in [0.25, 0.3) is 11.0 Å². The first kappa shape index (κ1) is 21.4. The average molecular weight is 403 g/mol. The van der Waals surface area contributed by atoms with E-state index in [9.17, 15) is 9.59 Å². The van der Waals surface area contributed by atoms with Crippen molar-refractivity contribution in [1.29, 1.82) is 0 Å². The first-order chi connectivity index (χ1) is 14.0. The van der Waals surface area contributed by atoms with E-state index < -0.39 is 5.97 Å². The molecular weight excluding hydrogens is 374 g/mol. The topological polar surface area (TPSA) is 93.9 Å². The van der Waals surface area contributed by atoms with Crippen LogP contribution >= 0.6 is 0 Å². The predicted octanol–water partition coefficient (Wildman–Crippen LogP) is 2.41. The first-order valence-corrected chi connectivity index (χ1v) is 10.2. The number of hydrogen-bond donors (Lipinski definition) is 1. The molecule has 1 aliphatic rings. The molecule has 158 valence electrons. The van der Waals surface area contributed by atoms with Crippen LogP contribution in [0.15, 0.2) is 24.3 Å². The standard InChI is InChI=1S/C21H29N3O5/c1-3-28-13-12-24-18-7-5-4-6-17(18)22-21(24)20(27)16-8-10-23(11-9-16)15(2)29-14-19(25)26/h4-7,15-16H,3,8-14H2,1-2H3,(H,25,26). The van der Waals surface area contributed by atoms with Gasteiger partial charge in [0.05, 0.1) is 17.6 Å². The molecule has 2 aromatic rings. The Morgan fingerprint density at radius 1 is 1.28 bits per heavy atom. The number of likely N-dealkylation sites (tertiary alicyclic amines) is 1. The summed E-state index contributed by atoms with van der Waals surface area (Å²) < 4.78 is 12.8. The van der Waals surface area contributed by atoms with E-state index >= 15 is 0 Å². The second kappa shape index (κ2) is 9.96. The van der Waals surface area contributed by atoms with E-state index in [0.29, 0.717) is 51.5 Å². The van der Waals surface area contributed by atoms with Gasteiger partial charge in [0.15, 0.2) is 5.82 Å². The van der Waals surface area contributed by atoms with Gasteiger partial charge < -0.3 is 19.1 Å². The van der Waals surface area contributed by atoms with Crippen LogP contribution in [0.2, 0.25) is 0 Å². The molecule has 0 spiro atoms. The number of carboxylic acids is 1. The summed E-state index contributed by atoms with van der Waals surface area (Å²) in [6, 6.07) is 7.78. The zero-order chi connectivity index (χ0) is 20.8. The van der Waals surface area contributed by atoms with Gasteiger partial charge in [0, 0.05) is 32.2 Å². The summed E-state index contributed by atoms with van der Waals surface area (Å²) in [6.45, 7) is 6.63. The number of Topliss-reactive ketones (excluding diaryl/α,β-unsaturated/α-hetero) is 1. The Balaban J connectivity index is 1.68. The third-order valence-corrected chi connectivity index (χ3v) is 5.40. The number of benzene rings is 1. The Labute approximate surface area is 170 Å². The Morgan fingerprint density at radius 3 is 2.69 bits per heavy atom. The summed E-state index contributed by atoms with van der Waals surface area (Å²) in [5.74, 6) is -0.510. The maximum Gasteiger partial charge on any atom is 0.329 e. The van der Waals surface area contributed by atoms with Gasteiger partial charge in [0.2, 0.25) is 5.78 Å². The lowest BCUT2D eigenvalue weighted by atomic mass is 9.92. The molecule has 0 amide bonds. The second-order valence-electron chi connectivity index (χ2n) is 7.25. The summed E-state index contributed by atoms with van der Waals surface area (Å²) >= 11 is 0. The van der Waals surface area contributed by atoms with Crippen molar-refractivity contribution in [1.82, 2.24) is 14.5 Å². The van der Waals surface area contributed by atoms with E-state index in [2.05, 4.69) is 9.88 Å². The number of ketones is 1. The van der Waals surface area contributed by atoms with Crippen molar-refractivity contribution >= 4 is 22.8 Å². The van der Waals surface area contributed by atoms with Crippen LogP contribution in [-0.4, -0.2) is 70.4 Å². The number of carbonyl (C=O) groups excluding carboxylic acids is 1. The van der Waals surface area contributed by atoms with Gasteiger partial charge >= 0.3 is 5.97 Å². The monoisotopic (exact) mass is 403 g/mol. The van der Waals surface area contributed by atoms with Crippen LogP contribution in [0, 0.1) is 5.92 Å². The van der Waals surface area contributed by atoms with E-state index in [4.69, 9.17) is 14.6 Å². The predicted molar refractivity (Wildman–Crippen MR) is 108 cm³/mol. The van der Waals surface area contributed by atoms with Crippen molar-refractivity contribution in [3.63, 3.8) is 0 Å². The lowest BCUT2D eigenvalue weighted by molar-refractivity contribution is -0.149. The van der Waals surface area contributed by atoms with Crippen LogP contribution < -0.4 is 0 Å². The SMILES string of the molecule is CCOCCn1c(C(=O)C2CCN(C(C)OCC(=O)O)CC2)nc2ccccc21. The van der Waals surface area contributed by atoms with Gasteiger partial charge in [-0.15, -0.1) is 0 Å². The third-order valence-electron chi connectivity index (χ3n) is 5.40. The minimum atomic E-state index is -0.979. The minimum absolute atomic E-state index is 0.0662. The fourth-order valence-electron chi connectivity index (χ4n) is 3.80. The highest BCUT2D eigenvalue weighted by atomic mass is 16.5. The molecule has 1 aromatic heterocycles. The Hall–Kier alpha value is -2.29. The van der Waals surface area contributed by atoms with Gasteiger partial charge in [-0.25, -0.2) is 9.78 Å². The number of para-hydroxylation sites is 2. The van der Waals surface area contributed by atoms with Gasteiger partial charge in [-0.3, -0.25) is 9.69 Å². The smallest absolute Gasteiger partial charge is 0.329 e. The second-order valence-corrected chi connectivity index (χ2v) is 7.25. The van der Waals surface area contributed by atoms with Crippen LogP contribution in [0.1, 0.15) is 37.3 Å². The van der Waals surface area contributed by atoms with Crippen LogP contribution in [0.3, 0.4) is 0 Å². The molecule has 2 heterocycles. The number of ether oxygens (including phenoxy) is 2. The zero-order valence-electron chi connectivity index (χ0n) is 17.0. The molecular formula is C21H29N3O5. The Morgan fingerprint density at radius 2 is 2.00 bits per heavy atom. The fraction of sp³-hybridized carbons (Fsp3) is 0.571. The maximum atomic E-state index is 13.3. The summed E-state index contributed by atoms with van der Waals surface area (Å²) in [7, 11) is 0. The van der Waals surface area contributed by atoms with E-state index in [1.807, 2.05) is 42.7 Å². The van der Waals surface area contributed by atoms with Gasteiger partial charge in [0.25, 0.3) is 0 Å². The molecule has 8 nitrogen and oxygen atoms in total. The van der Waals surface area contributed by atoms with E-state index in [0.717, 1.165) is 11.0 Å². The Kier molecular flexibility index (Phi) is 7.35. The van der Waals surface area contributed by atoms with Gasteiger partial charge in [-0.1, -0.05) is 12.1 Å². The number of rotatable bonds is 10. The van der Waals surface area contributed by atoms with Crippen molar-refractivity contribution in [3.05, 3.63) is 30.1 Å². The van der Waals surface area contributed by atoms with E-state index in [1.54, 1.807) is 0 Å². The molecule has 3 rings (SSSR count). The van der Waals surface area contributed by atoms with Gasteiger partial charge in [-0.05, 0) is 38.8 Å². The zero-order valence-corrected chi connectivity index (χ0v) is 17.0. The highest BCUT2D eigenvalue weighted by Gasteiger charge is 2.31. The van der Waals surface area contributed by atoms with E-state index in [-0.39, 0.29) is 24.5 Å². The number of carboxylic acid groups (broad SMARTS) is 1. The van der Waals surface area contributed by atoms with Crippen LogP contribution in [0.5, 0.6) is 0 Å². The van der Waals surface area contributed by atoms with Crippen LogP contribution in [-0.2, 0) is 20.8 Å². The van der Waals surface area contributed by atoms with Gasteiger partial charge in [0.1, 0.15) is 12.8 Å². The molecule has 1 saturated heterocycles. The number of hydrogen-bond acceptors (Lipinski definition) is 6. The fourth-order valence-corrected chi connectivity index (χ4v) is 3.80. The average Bonchev–Trinajstić information content (AvgIpc) is 3.10. The number of piperidine rings is 1. The maximum absolute atomic E-state index is 13.3. The normalized spacial score (nSPS) is 16.9. The van der Waals surface area contributed by atoms with Crippen molar-refractivity contribution < 1.29 is 24.2 Å². The number of imidazole rings is 1. The Bertz CT molecular complexity index is 842. The number of aromatic nitrogens is 2. The molecule has 0 bridgehead atoms. The molecule has 29 heavy (non-hydrogen) atoms. The molecule has 1 unspecified atom stereocenters. The number of nitrogens with zero attached hydrogens (tertiary/aromatic N) is 3. The lowest BCUT2D eigenvalue weighted by Crippen LogP contribution is -2.43.